The van der Waals surface area contributed by atoms with Gasteiger partial charge in [0, 0.05) is 19.2 Å². The summed E-state index contributed by atoms with van der Waals surface area (Å²) < 4.78 is 4.43. The lowest BCUT2D eigenvalue weighted by molar-refractivity contribution is -0.384. The highest BCUT2D eigenvalue weighted by Gasteiger charge is 2.04. The molecular weight excluding hydrogens is 228 g/mol. The third-order valence-electron chi connectivity index (χ3n) is 1.68. The molecule has 0 aliphatic carbocycles. The van der Waals surface area contributed by atoms with Crippen LogP contribution in [0.25, 0.3) is 0 Å². The highest BCUT2D eigenvalue weighted by Crippen LogP contribution is 2.19. The Balaban J connectivity index is 2.67. The summed E-state index contributed by atoms with van der Waals surface area (Å²) in [4.78, 5) is 19.9. The number of nitro benzene ring substituents is 1. The number of hydrogen-bond donors (Lipinski definition) is 0. The van der Waals surface area contributed by atoms with Crippen molar-refractivity contribution in [2.45, 2.75) is 0 Å². The van der Waals surface area contributed by atoms with Gasteiger partial charge < -0.3 is 4.74 Å². The van der Waals surface area contributed by atoms with Crippen LogP contribution in [-0.2, 0) is 9.53 Å². The Morgan fingerprint density at radius 3 is 3.00 bits per heavy atom. The molecule has 0 aliphatic rings. The molecule has 1 rings (SSSR count). The first kappa shape index (κ1) is 12.6. The molecule has 0 bridgehead atoms. The van der Waals surface area contributed by atoms with E-state index in [0.717, 1.165) is 0 Å². The number of hydrogen-bond acceptors (Lipinski definition) is 6. The summed E-state index contributed by atoms with van der Waals surface area (Å²) in [6.45, 7) is 0.251. The van der Waals surface area contributed by atoms with Gasteiger partial charge >= 0.3 is 0 Å². The second-order valence-corrected chi connectivity index (χ2v) is 3.02. The lowest BCUT2D eigenvalue weighted by Gasteiger charge is -2.07. The Kier molecular flexibility index (Phi) is 4.55. The third kappa shape index (κ3) is 4.24. The SMILES string of the molecule is CN(COC=O)N=Nc1cccc([N+](=O)[O-])c1. The maximum atomic E-state index is 10.5. The molecule has 0 aliphatic heterocycles. The van der Waals surface area contributed by atoms with E-state index >= 15 is 0 Å². The first-order valence-corrected chi connectivity index (χ1v) is 4.56. The van der Waals surface area contributed by atoms with Gasteiger partial charge in [-0.15, -0.1) is 5.11 Å². The van der Waals surface area contributed by atoms with Crippen molar-refractivity contribution in [1.82, 2.24) is 5.01 Å². The quantitative estimate of drug-likeness (QED) is 0.247. The van der Waals surface area contributed by atoms with Crippen molar-refractivity contribution >= 4 is 17.8 Å². The minimum absolute atomic E-state index is 0.0398. The van der Waals surface area contributed by atoms with Gasteiger partial charge in [-0.1, -0.05) is 11.3 Å². The van der Waals surface area contributed by atoms with Crippen LogP contribution >= 0.6 is 0 Å². The summed E-state index contributed by atoms with van der Waals surface area (Å²) in [6, 6.07) is 5.73. The zero-order valence-electron chi connectivity index (χ0n) is 9.02. The number of non-ortho nitro benzene ring substituents is 1. The molecule has 0 spiro atoms. The molecule has 0 N–H and O–H groups in total. The van der Waals surface area contributed by atoms with E-state index < -0.39 is 4.92 Å². The maximum absolute atomic E-state index is 10.5. The average molecular weight is 238 g/mol. The zero-order chi connectivity index (χ0) is 12.7. The molecule has 1 aromatic rings. The second kappa shape index (κ2) is 6.16. The van der Waals surface area contributed by atoms with E-state index in [1.807, 2.05) is 0 Å². The Bertz CT molecular complexity index is 435. The van der Waals surface area contributed by atoms with Crippen molar-refractivity contribution in [1.29, 1.82) is 0 Å². The smallest absolute Gasteiger partial charge is 0.294 e. The lowest BCUT2D eigenvalue weighted by Crippen LogP contribution is -2.13. The molecule has 0 saturated heterocycles. The molecule has 0 fully saturated rings. The van der Waals surface area contributed by atoms with E-state index in [4.69, 9.17) is 0 Å². The number of carbonyl (C=O) groups excluding carboxylic acids is 1. The number of benzene rings is 1. The van der Waals surface area contributed by atoms with Crippen LogP contribution in [0, 0.1) is 10.1 Å². The molecular formula is C9H10N4O4. The molecule has 8 nitrogen and oxygen atoms in total. The van der Waals surface area contributed by atoms with E-state index in [2.05, 4.69) is 15.1 Å². The zero-order valence-corrected chi connectivity index (χ0v) is 9.02. The summed E-state index contributed by atoms with van der Waals surface area (Å²) in [6.07, 6.45) is 0. The van der Waals surface area contributed by atoms with Gasteiger partial charge in [-0.2, -0.15) is 0 Å². The predicted molar refractivity (Wildman–Crippen MR) is 57.4 cm³/mol. The minimum atomic E-state index is -0.516. The van der Waals surface area contributed by atoms with Crippen LogP contribution in [0.5, 0.6) is 0 Å². The van der Waals surface area contributed by atoms with Crippen LogP contribution in [0.2, 0.25) is 0 Å². The highest BCUT2D eigenvalue weighted by atomic mass is 16.6. The van der Waals surface area contributed by atoms with Crippen molar-refractivity contribution < 1.29 is 14.5 Å². The number of nitro groups is 1. The van der Waals surface area contributed by atoms with Gasteiger partial charge in [0.05, 0.1) is 10.6 Å². The third-order valence-corrected chi connectivity index (χ3v) is 1.68. The molecule has 0 aromatic heterocycles. The topological polar surface area (TPSA) is 97.4 Å². The molecule has 0 saturated carbocycles. The van der Waals surface area contributed by atoms with Crippen molar-refractivity contribution in [3.05, 3.63) is 34.4 Å². The monoisotopic (exact) mass is 238 g/mol. The Morgan fingerprint density at radius 1 is 1.59 bits per heavy atom. The van der Waals surface area contributed by atoms with Crippen LogP contribution in [0.15, 0.2) is 34.6 Å². The molecule has 90 valence electrons. The average Bonchev–Trinajstić information content (AvgIpc) is 2.34. The van der Waals surface area contributed by atoms with E-state index in [9.17, 15) is 14.9 Å². The Labute approximate surface area is 96.6 Å². The van der Waals surface area contributed by atoms with Crippen molar-refractivity contribution in [3.8, 4) is 0 Å². The fourth-order valence-electron chi connectivity index (χ4n) is 0.961. The standard InChI is InChI=1S/C9H10N4O4/c1-12(6-17-7-14)11-10-8-3-2-4-9(5-8)13(15)16/h2-5,7H,6H2,1H3. The second-order valence-electron chi connectivity index (χ2n) is 3.02. The first-order chi connectivity index (χ1) is 8.13. The van der Waals surface area contributed by atoms with Crippen LogP contribution in [0.3, 0.4) is 0 Å². The summed E-state index contributed by atoms with van der Waals surface area (Å²) in [7, 11) is 1.55. The van der Waals surface area contributed by atoms with Gasteiger partial charge in [-0.3, -0.25) is 14.9 Å². The van der Waals surface area contributed by atoms with E-state index in [-0.39, 0.29) is 12.4 Å². The molecule has 0 amide bonds. The van der Waals surface area contributed by atoms with E-state index in [1.165, 1.54) is 23.2 Å². The molecule has 0 unspecified atom stereocenters. The molecule has 8 heteroatoms. The van der Waals surface area contributed by atoms with Crippen LogP contribution in [0.1, 0.15) is 0 Å². The van der Waals surface area contributed by atoms with Crippen LogP contribution in [-0.4, -0.2) is 30.2 Å². The minimum Gasteiger partial charge on any atom is -0.445 e. The normalized spacial score (nSPS) is 10.2. The summed E-state index contributed by atoms with van der Waals surface area (Å²) in [5.74, 6) is 0. The molecule has 0 radical (unpaired) electrons. The number of rotatable bonds is 6. The van der Waals surface area contributed by atoms with Crippen LogP contribution in [0.4, 0.5) is 11.4 Å². The molecule has 0 heterocycles. The van der Waals surface area contributed by atoms with Gasteiger partial charge in [0.15, 0.2) is 6.73 Å². The van der Waals surface area contributed by atoms with Crippen LogP contribution < -0.4 is 0 Å². The lowest BCUT2D eigenvalue weighted by atomic mass is 10.3. The maximum Gasteiger partial charge on any atom is 0.294 e. The first-order valence-electron chi connectivity index (χ1n) is 4.56. The Morgan fingerprint density at radius 2 is 2.35 bits per heavy atom. The molecule has 1 aromatic carbocycles. The van der Waals surface area contributed by atoms with Gasteiger partial charge in [-0.05, 0) is 6.07 Å². The van der Waals surface area contributed by atoms with E-state index in [1.54, 1.807) is 13.1 Å². The van der Waals surface area contributed by atoms with Gasteiger partial charge in [0.25, 0.3) is 12.2 Å². The summed E-state index contributed by atoms with van der Waals surface area (Å²) in [5, 5.41) is 19.2. The number of carbonyl (C=O) groups is 1. The van der Waals surface area contributed by atoms with E-state index in [0.29, 0.717) is 12.2 Å². The fourth-order valence-corrected chi connectivity index (χ4v) is 0.961. The summed E-state index contributed by atoms with van der Waals surface area (Å²) >= 11 is 0. The van der Waals surface area contributed by atoms with Crippen molar-refractivity contribution in [3.63, 3.8) is 0 Å². The Hall–Kier alpha value is -2.51. The van der Waals surface area contributed by atoms with Crippen molar-refractivity contribution in [2.75, 3.05) is 13.8 Å². The molecule has 0 atom stereocenters. The number of nitrogens with zero attached hydrogens (tertiary/aromatic N) is 4. The van der Waals surface area contributed by atoms with Crippen molar-refractivity contribution in [2.24, 2.45) is 10.3 Å². The van der Waals surface area contributed by atoms with Gasteiger partial charge in [0.1, 0.15) is 0 Å². The number of ether oxygens (including phenoxy) is 1. The predicted octanol–water partition coefficient (Wildman–Crippen LogP) is 1.66. The highest BCUT2D eigenvalue weighted by molar-refractivity contribution is 5.46. The molecule has 17 heavy (non-hydrogen) atoms. The fraction of sp³-hybridized carbons (Fsp3) is 0.222. The largest absolute Gasteiger partial charge is 0.445 e. The van der Waals surface area contributed by atoms with Gasteiger partial charge in [-0.25, -0.2) is 5.01 Å². The summed E-state index contributed by atoms with van der Waals surface area (Å²) in [5.41, 5.74) is 0.283. The van der Waals surface area contributed by atoms with Gasteiger partial charge in [0.2, 0.25) is 0 Å².